The fourth-order valence-electron chi connectivity index (χ4n) is 10.1. The van der Waals surface area contributed by atoms with Gasteiger partial charge in [0.05, 0.1) is 85.0 Å². The summed E-state index contributed by atoms with van der Waals surface area (Å²) >= 11 is 2.43. The molecule has 2 fully saturated rings. The Morgan fingerprint density at radius 1 is 0.641 bits per heavy atom. The van der Waals surface area contributed by atoms with E-state index < -0.39 is 37.5 Å². The molecule has 0 saturated carbocycles. The van der Waals surface area contributed by atoms with E-state index in [1.165, 1.54) is 22.7 Å². The van der Waals surface area contributed by atoms with Crippen molar-refractivity contribution in [3.05, 3.63) is 118 Å². The third-order valence-electron chi connectivity index (χ3n) is 14.1. The molecule has 6 heterocycles. The second-order valence-corrected chi connectivity index (χ2v) is 24.5. The fraction of sp³-hybridized carbons (Fsp3) is 0.370. The predicted octanol–water partition coefficient (Wildman–Crippen LogP) is 5.75. The quantitative estimate of drug-likeness (QED) is 0.0815. The largest absolute Gasteiger partial charge is 1.00 e. The molecular weight excluding hydrogens is 1090 g/mol. The minimum atomic E-state index is -3.69. The zero-order chi connectivity index (χ0) is 53.7. The number of para-hydroxylation sites is 2. The first-order valence-corrected chi connectivity index (χ1v) is 29.7. The molecular formula is C54H59N6NaO13S4. The van der Waals surface area contributed by atoms with Crippen LogP contribution in [0.2, 0.25) is 0 Å². The molecule has 2 saturated heterocycles. The van der Waals surface area contributed by atoms with E-state index in [9.17, 15) is 36.0 Å². The number of carboxylic acids is 1. The number of benzene rings is 4. The summed E-state index contributed by atoms with van der Waals surface area (Å²) in [6.07, 6.45) is 4.40. The van der Waals surface area contributed by atoms with Crippen LogP contribution in [0.25, 0.3) is 0 Å². The Morgan fingerprint density at radius 2 is 1.04 bits per heavy atom. The molecule has 2 aromatic heterocycles. The Morgan fingerprint density at radius 3 is 1.45 bits per heavy atom. The molecule has 4 aliphatic heterocycles. The summed E-state index contributed by atoms with van der Waals surface area (Å²) in [5, 5.41) is 18.9. The maximum Gasteiger partial charge on any atom is 1.00 e. The van der Waals surface area contributed by atoms with E-state index in [2.05, 4.69) is 20.6 Å². The summed E-state index contributed by atoms with van der Waals surface area (Å²) in [6.45, 7) is 4.65. The monoisotopic (exact) mass is 1150 g/mol. The Balaban J connectivity index is 0.000000221. The molecule has 2 atom stereocenters. The number of carbonyl (C=O) groups is 4. The number of hydrogen-bond acceptors (Lipinski definition) is 18. The summed E-state index contributed by atoms with van der Waals surface area (Å²) < 4.78 is 69.4. The number of thiazole rings is 2. The number of anilines is 6. The molecule has 4 N–H and O–H groups in total. The number of aliphatic carboxylic acids is 1. The second kappa shape index (κ2) is 26.1. The van der Waals surface area contributed by atoms with Crippen LogP contribution >= 0.6 is 22.7 Å². The van der Waals surface area contributed by atoms with Crippen molar-refractivity contribution in [1.29, 1.82) is 0 Å². The number of nitrogens with one attached hydrogen (secondary N) is 2. The van der Waals surface area contributed by atoms with Gasteiger partial charge in [0, 0.05) is 51.3 Å². The molecule has 78 heavy (non-hydrogen) atoms. The van der Waals surface area contributed by atoms with Crippen LogP contribution in [0, 0.1) is 11.8 Å². The van der Waals surface area contributed by atoms with Crippen LogP contribution in [0.3, 0.4) is 0 Å². The molecule has 6 aromatic rings. The zero-order valence-electron chi connectivity index (χ0n) is 43.5. The van der Waals surface area contributed by atoms with Gasteiger partial charge in [0.2, 0.25) is 31.5 Å². The van der Waals surface area contributed by atoms with Crippen molar-refractivity contribution < 1.29 is 90.4 Å². The van der Waals surface area contributed by atoms with Gasteiger partial charge in [0.15, 0.2) is 10.3 Å². The minimum absolute atomic E-state index is 0. The first-order chi connectivity index (χ1) is 36.5. The third kappa shape index (κ3) is 13.3. The van der Waals surface area contributed by atoms with Crippen LogP contribution in [0.15, 0.2) is 115 Å². The first kappa shape index (κ1) is 60.0. The van der Waals surface area contributed by atoms with E-state index in [0.717, 1.165) is 31.2 Å². The predicted molar refractivity (Wildman–Crippen MR) is 290 cm³/mol. The van der Waals surface area contributed by atoms with Gasteiger partial charge in [-0.1, -0.05) is 36.4 Å². The first-order valence-electron chi connectivity index (χ1n) is 25.0. The average molecular weight is 1150 g/mol. The average Bonchev–Trinajstić information content (AvgIpc) is 4.20. The van der Waals surface area contributed by atoms with E-state index in [0.29, 0.717) is 102 Å². The maximum atomic E-state index is 13.7. The summed E-state index contributed by atoms with van der Waals surface area (Å²) in [5.74, 6) is -2.34. The molecule has 24 heteroatoms. The number of hydrogen-bond donors (Lipinski definition) is 3. The van der Waals surface area contributed by atoms with Gasteiger partial charge < -0.3 is 45.2 Å². The van der Waals surface area contributed by atoms with Gasteiger partial charge in [-0.25, -0.2) is 26.8 Å². The Labute approximate surface area is 483 Å². The second-order valence-electron chi connectivity index (χ2n) is 19.0. The van der Waals surface area contributed by atoms with E-state index in [1.807, 2.05) is 36.0 Å². The number of amides is 2. The van der Waals surface area contributed by atoms with Crippen LogP contribution in [0.4, 0.5) is 33.0 Å². The molecule has 408 valence electrons. The van der Waals surface area contributed by atoms with E-state index in [4.69, 9.17) is 19.3 Å². The van der Waals surface area contributed by atoms with Gasteiger partial charge in [-0.2, -0.15) is 0 Å². The van der Waals surface area contributed by atoms with Gasteiger partial charge >= 0.3 is 41.5 Å². The molecule has 0 radical (unpaired) electrons. The van der Waals surface area contributed by atoms with Crippen LogP contribution in [0.1, 0.15) is 79.8 Å². The molecule has 4 aromatic carbocycles. The molecule has 0 bridgehead atoms. The van der Waals surface area contributed by atoms with Gasteiger partial charge in [-0.05, 0) is 117 Å². The normalized spacial score (nSPS) is 16.9. The molecule has 10 rings (SSSR count). The van der Waals surface area contributed by atoms with E-state index in [1.54, 1.807) is 90.5 Å². The maximum absolute atomic E-state index is 13.7. The third-order valence-corrected chi connectivity index (χ3v) is 19.4. The summed E-state index contributed by atoms with van der Waals surface area (Å²) in [5.41, 5.74) is 4.63. The number of carboxylic acid groups (broad SMARTS) is 1. The topological polar surface area (TPSA) is 271 Å². The number of esters is 1. The number of aromatic nitrogens is 2. The van der Waals surface area contributed by atoms with Gasteiger partial charge in [0.25, 0.3) is 0 Å². The number of rotatable bonds is 15. The molecule has 0 aliphatic carbocycles. The van der Waals surface area contributed by atoms with Crippen LogP contribution < -0.4 is 50.0 Å². The molecule has 19 nitrogen and oxygen atoms in total. The number of nitrogens with zero attached hydrogens (tertiary/aromatic N) is 4. The van der Waals surface area contributed by atoms with Crippen molar-refractivity contribution in [3.8, 4) is 0 Å². The SMILES string of the molecule is CCOC(=O)Cc1csc(NC(=O)C(CC2CCOCC2)c2ccc3c(c2)N(C)c2ccccc2S3(=O)=O)n1.CN1c2ccccc2S(=O)(=O)c2ccc(C(CC3CCOCC3)C(=O)Nc3nc(CC(=O)O)cs3)cc21.[Na+].[OH-]. The van der Waals surface area contributed by atoms with Crippen molar-refractivity contribution in [2.24, 2.45) is 11.8 Å². The van der Waals surface area contributed by atoms with E-state index in [-0.39, 0.29) is 91.2 Å². The summed E-state index contributed by atoms with van der Waals surface area (Å²) in [7, 11) is -3.72. The van der Waals surface area contributed by atoms with E-state index >= 15 is 0 Å². The number of sulfone groups is 2. The van der Waals surface area contributed by atoms with Crippen molar-refractivity contribution in [2.45, 2.75) is 89.7 Å². The standard InChI is InChI=1S/C28H31N3O6S2.C26H27N3O6S2.Na.H2O/c1-3-37-26(32)16-20-17-38-28(29-20)30-27(33)21(14-18-10-12-36-13-11-18)19-8-9-25-23(15-19)31(2)22-6-4-5-7-24(22)39(25,34)35;1-29-20-4-2-3-5-22(20)37(33,34)23-7-6-17(13-21(23)29)19(12-16-8-10-35-11-9-16)25(32)28-26-27-18(15-36-26)14-24(30)31;;/h4-9,15,17-18,21H,3,10-14,16H2,1-2H3,(H,29,30,33);2-7,13,15-16,19H,8-12,14H2,1H3,(H,30,31)(H,27,28,32);;1H2/q;;+1;/p-1. The zero-order valence-corrected chi connectivity index (χ0v) is 48.8. The molecule has 2 unspecified atom stereocenters. The molecule has 4 aliphatic rings. The summed E-state index contributed by atoms with van der Waals surface area (Å²) in [4.78, 5) is 63.4. The smallest absolute Gasteiger partial charge is 0.870 e. The number of fused-ring (bicyclic) bond motifs is 4. The Kier molecular flexibility index (Phi) is 20.1. The van der Waals surface area contributed by atoms with Gasteiger partial charge in [-0.15, -0.1) is 22.7 Å². The Bertz CT molecular complexity index is 3380. The van der Waals surface area contributed by atoms with Gasteiger partial charge in [-0.3, -0.25) is 19.2 Å². The van der Waals surface area contributed by atoms with Crippen molar-refractivity contribution in [1.82, 2.24) is 9.97 Å². The Hall–Kier alpha value is -5.60. The van der Waals surface area contributed by atoms with Crippen molar-refractivity contribution >= 4 is 99.1 Å². The number of carbonyl (C=O) groups excluding carboxylic acids is 3. The molecule has 2 amide bonds. The van der Waals surface area contributed by atoms with Crippen LogP contribution in [-0.2, 0) is 65.9 Å². The van der Waals surface area contributed by atoms with Crippen LogP contribution in [-0.4, -0.2) is 108 Å². The van der Waals surface area contributed by atoms with Crippen molar-refractivity contribution in [2.75, 3.05) is 67.6 Å². The van der Waals surface area contributed by atoms with Crippen molar-refractivity contribution in [3.63, 3.8) is 0 Å². The van der Waals surface area contributed by atoms with Crippen LogP contribution in [0.5, 0.6) is 0 Å². The fourth-order valence-corrected chi connectivity index (χ4v) is 14.9. The van der Waals surface area contributed by atoms with Gasteiger partial charge in [0.1, 0.15) is 0 Å². The minimum Gasteiger partial charge on any atom is -0.870 e. The molecule has 0 spiro atoms. The number of ether oxygens (including phenoxy) is 3. The summed E-state index contributed by atoms with van der Waals surface area (Å²) in [6, 6.07) is 24.1.